The van der Waals surface area contributed by atoms with Crippen molar-refractivity contribution >= 4 is 41.0 Å². The second-order valence-electron chi connectivity index (χ2n) is 6.82. The minimum atomic E-state index is -1.26. The number of carbonyl (C=O) groups excluding carboxylic acids is 1. The molecule has 0 aromatic heterocycles. The number of fused-ring (bicyclic) bond motifs is 2. The van der Waals surface area contributed by atoms with E-state index in [2.05, 4.69) is 4.90 Å². The fraction of sp³-hybridized carbons (Fsp3) is 0.421. The maximum Gasteiger partial charge on any atom is 0.328 e. The lowest BCUT2D eigenvalue weighted by Gasteiger charge is -2.38. The normalized spacial score (nSPS) is 23.3. The van der Waals surface area contributed by atoms with Crippen LogP contribution in [-0.2, 0) is 14.4 Å². The quantitative estimate of drug-likeness (QED) is 0.574. The number of ether oxygens (including phenoxy) is 1. The number of amides is 1. The first-order valence-corrected chi connectivity index (χ1v) is 9.71. The molecule has 2 atom stereocenters. The summed E-state index contributed by atoms with van der Waals surface area (Å²) in [6.07, 6.45) is 5.33. The third kappa shape index (κ3) is 7.23. The number of carboxylic acid groups (broad SMARTS) is 2. The number of halogens is 2. The van der Waals surface area contributed by atoms with E-state index in [1.807, 2.05) is 6.07 Å². The first-order valence-electron chi connectivity index (χ1n) is 8.95. The number of rotatable bonds is 6. The number of benzene rings is 1. The van der Waals surface area contributed by atoms with Gasteiger partial charge in [-0.1, -0.05) is 23.2 Å². The molecule has 2 bridgehead atoms. The molecule has 1 amide bonds. The van der Waals surface area contributed by atoms with Crippen LogP contribution < -0.4 is 10.5 Å². The van der Waals surface area contributed by atoms with Crippen molar-refractivity contribution in [1.29, 1.82) is 0 Å². The Hall–Kier alpha value is -2.29. The van der Waals surface area contributed by atoms with Crippen LogP contribution in [0.25, 0.3) is 0 Å². The molecule has 8 nitrogen and oxygen atoms in total. The Morgan fingerprint density at radius 2 is 1.62 bits per heavy atom. The van der Waals surface area contributed by atoms with Gasteiger partial charge in [-0.3, -0.25) is 9.69 Å². The van der Waals surface area contributed by atoms with Crippen LogP contribution in [-0.4, -0.2) is 57.7 Å². The summed E-state index contributed by atoms with van der Waals surface area (Å²) in [5.74, 6) is -2.02. The number of nitrogens with zero attached hydrogens (tertiary/aromatic N) is 1. The molecule has 2 saturated heterocycles. The minimum Gasteiger partial charge on any atom is -0.490 e. The van der Waals surface area contributed by atoms with Gasteiger partial charge in [0.25, 0.3) is 0 Å². The van der Waals surface area contributed by atoms with Crippen LogP contribution in [0.2, 0.25) is 10.0 Å². The molecule has 0 radical (unpaired) electrons. The van der Waals surface area contributed by atoms with Crippen LogP contribution in [0.1, 0.15) is 25.7 Å². The van der Waals surface area contributed by atoms with Crippen molar-refractivity contribution in [2.45, 2.75) is 43.9 Å². The van der Waals surface area contributed by atoms with Gasteiger partial charge in [0.1, 0.15) is 11.9 Å². The zero-order valence-electron chi connectivity index (χ0n) is 15.5. The van der Waals surface area contributed by atoms with Gasteiger partial charge in [-0.05, 0) is 37.8 Å². The molecule has 29 heavy (non-hydrogen) atoms. The maximum absolute atomic E-state index is 11.2. The highest BCUT2D eigenvalue weighted by atomic mass is 35.5. The number of piperidine rings is 1. The Bertz CT molecular complexity index is 771. The summed E-state index contributed by atoms with van der Waals surface area (Å²) in [7, 11) is 0. The Morgan fingerprint density at radius 3 is 2.07 bits per heavy atom. The number of hydrogen-bond donors (Lipinski definition) is 3. The topological polar surface area (TPSA) is 130 Å². The average molecular weight is 445 g/mol. The van der Waals surface area contributed by atoms with Crippen LogP contribution in [0.3, 0.4) is 0 Å². The van der Waals surface area contributed by atoms with Gasteiger partial charge in [0.2, 0.25) is 5.91 Å². The van der Waals surface area contributed by atoms with E-state index in [-0.39, 0.29) is 12.0 Å². The summed E-state index contributed by atoms with van der Waals surface area (Å²) in [6, 6.07) is 6.12. The summed E-state index contributed by atoms with van der Waals surface area (Å²) < 4.78 is 6.04. The Morgan fingerprint density at radius 1 is 1.07 bits per heavy atom. The Kier molecular flexibility index (Phi) is 8.31. The van der Waals surface area contributed by atoms with Crippen molar-refractivity contribution in [3.63, 3.8) is 0 Å². The molecule has 0 aliphatic carbocycles. The van der Waals surface area contributed by atoms with Crippen LogP contribution in [0.4, 0.5) is 0 Å². The lowest BCUT2D eigenvalue weighted by molar-refractivity contribution is -0.134. The second-order valence-corrected chi connectivity index (χ2v) is 7.64. The Labute approximate surface area is 177 Å². The van der Waals surface area contributed by atoms with Crippen molar-refractivity contribution in [3.05, 3.63) is 40.4 Å². The highest BCUT2D eigenvalue weighted by Crippen LogP contribution is 2.37. The third-order valence-corrected chi connectivity index (χ3v) is 5.48. The largest absolute Gasteiger partial charge is 0.490 e. The summed E-state index contributed by atoms with van der Waals surface area (Å²) >= 11 is 11.9. The monoisotopic (exact) mass is 444 g/mol. The lowest BCUT2D eigenvalue weighted by Crippen LogP contribution is -2.49. The standard InChI is InChI=1S/C15H18Cl2N2O2.C4H4O4/c16-13-4-3-11(7-14(13)17)21-12-5-9-1-2-10(6-12)19(9)8-15(18)20;5-3(6)1-2-4(7)8/h3-4,7,9-10,12H,1-2,5-6,8H2,(H2,18,20);1-2H,(H,5,6)(H,7,8). The van der Waals surface area contributed by atoms with Gasteiger partial charge >= 0.3 is 11.9 Å². The van der Waals surface area contributed by atoms with Gasteiger partial charge in [0, 0.05) is 30.3 Å². The predicted molar refractivity (Wildman–Crippen MR) is 107 cm³/mol. The smallest absolute Gasteiger partial charge is 0.328 e. The van der Waals surface area contributed by atoms with Gasteiger partial charge in [-0.2, -0.15) is 0 Å². The van der Waals surface area contributed by atoms with E-state index in [1.165, 1.54) is 0 Å². The van der Waals surface area contributed by atoms with E-state index in [0.717, 1.165) is 31.4 Å². The molecule has 3 rings (SSSR count). The second kappa shape index (κ2) is 10.5. The van der Waals surface area contributed by atoms with Gasteiger partial charge in [-0.15, -0.1) is 0 Å². The maximum atomic E-state index is 11.2. The lowest BCUT2D eigenvalue weighted by atomic mass is 9.99. The fourth-order valence-electron chi connectivity index (χ4n) is 3.64. The van der Waals surface area contributed by atoms with Gasteiger partial charge < -0.3 is 20.7 Å². The first kappa shape index (κ1) is 23.0. The number of nitrogens with two attached hydrogens (primary N) is 1. The molecule has 10 heteroatoms. The molecule has 2 aliphatic rings. The SMILES string of the molecule is NC(=O)CN1C2CCC1CC(Oc1ccc(Cl)c(Cl)c1)C2.O=C(O)C=CC(=O)O. The summed E-state index contributed by atoms with van der Waals surface area (Å²) in [5.41, 5.74) is 5.33. The van der Waals surface area contributed by atoms with E-state index in [1.54, 1.807) is 12.1 Å². The van der Waals surface area contributed by atoms with Gasteiger partial charge in [-0.25, -0.2) is 9.59 Å². The summed E-state index contributed by atoms with van der Waals surface area (Å²) in [5, 5.41) is 16.7. The molecular formula is C19H22Cl2N2O6. The predicted octanol–water partition coefficient (Wildman–Crippen LogP) is 2.56. The number of carboxylic acids is 2. The number of hydrogen-bond acceptors (Lipinski definition) is 5. The zero-order valence-corrected chi connectivity index (χ0v) is 17.0. The van der Waals surface area contributed by atoms with E-state index >= 15 is 0 Å². The molecule has 0 saturated carbocycles. The van der Waals surface area contributed by atoms with E-state index < -0.39 is 11.9 Å². The summed E-state index contributed by atoms with van der Waals surface area (Å²) in [4.78, 5) is 32.5. The van der Waals surface area contributed by atoms with Crippen LogP contribution >= 0.6 is 23.2 Å². The molecule has 2 heterocycles. The van der Waals surface area contributed by atoms with Crippen LogP contribution in [0, 0.1) is 0 Å². The van der Waals surface area contributed by atoms with Crippen molar-refractivity contribution in [1.82, 2.24) is 4.90 Å². The molecule has 2 fully saturated rings. The van der Waals surface area contributed by atoms with Gasteiger partial charge in [0.05, 0.1) is 16.6 Å². The number of aliphatic carboxylic acids is 2. The van der Waals surface area contributed by atoms with E-state index in [0.29, 0.717) is 40.8 Å². The van der Waals surface area contributed by atoms with Crippen molar-refractivity contribution in [2.24, 2.45) is 5.73 Å². The van der Waals surface area contributed by atoms with Gasteiger partial charge in [0.15, 0.2) is 0 Å². The zero-order chi connectivity index (χ0) is 21.6. The van der Waals surface area contributed by atoms with Crippen molar-refractivity contribution in [3.8, 4) is 5.75 Å². The van der Waals surface area contributed by atoms with Crippen molar-refractivity contribution < 1.29 is 29.3 Å². The highest BCUT2D eigenvalue weighted by Gasteiger charge is 2.41. The molecular weight excluding hydrogens is 423 g/mol. The fourth-order valence-corrected chi connectivity index (χ4v) is 3.93. The Balaban J connectivity index is 0.000000321. The number of primary amides is 1. The van der Waals surface area contributed by atoms with Crippen LogP contribution in [0.15, 0.2) is 30.4 Å². The third-order valence-electron chi connectivity index (χ3n) is 4.74. The van der Waals surface area contributed by atoms with Crippen molar-refractivity contribution in [2.75, 3.05) is 6.54 Å². The molecule has 2 aliphatic heterocycles. The molecule has 0 spiro atoms. The number of carbonyl (C=O) groups is 3. The molecule has 158 valence electrons. The minimum absolute atomic E-state index is 0.156. The molecule has 1 aromatic rings. The molecule has 1 aromatic carbocycles. The highest BCUT2D eigenvalue weighted by molar-refractivity contribution is 6.42. The van der Waals surface area contributed by atoms with E-state index in [4.69, 9.17) is 43.9 Å². The summed E-state index contributed by atoms with van der Waals surface area (Å²) in [6.45, 7) is 0.356. The molecule has 4 N–H and O–H groups in total. The van der Waals surface area contributed by atoms with Crippen LogP contribution in [0.5, 0.6) is 5.75 Å². The van der Waals surface area contributed by atoms with E-state index in [9.17, 15) is 14.4 Å². The average Bonchev–Trinajstić information content (AvgIpc) is 2.86. The first-order chi connectivity index (χ1) is 13.7. The molecule has 2 unspecified atom stereocenters.